The Hall–Kier alpha value is -1.99. The van der Waals surface area contributed by atoms with Crippen molar-refractivity contribution in [3.63, 3.8) is 0 Å². The fraction of sp³-hybridized carbons (Fsp3) is 0.750. The summed E-state index contributed by atoms with van der Waals surface area (Å²) < 4.78 is 5.08. The minimum atomic E-state index is -0.995. The Morgan fingerprint density at radius 2 is 2.00 bits per heavy atom. The van der Waals surface area contributed by atoms with Gasteiger partial charge in [-0.3, -0.25) is 10.2 Å². The molecule has 0 aliphatic heterocycles. The summed E-state index contributed by atoms with van der Waals surface area (Å²) in [6.45, 7) is 5.64. The summed E-state index contributed by atoms with van der Waals surface area (Å²) in [5.74, 6) is -1.13. The van der Waals surface area contributed by atoms with Crippen LogP contribution in [0.15, 0.2) is 0 Å². The van der Waals surface area contributed by atoms with E-state index in [1.807, 2.05) is 0 Å². The van der Waals surface area contributed by atoms with Crippen LogP contribution in [-0.2, 0) is 9.53 Å². The van der Waals surface area contributed by atoms with Crippen molar-refractivity contribution in [3.05, 3.63) is 0 Å². The Bertz CT molecular complexity index is 352. The predicted molar refractivity (Wildman–Crippen MR) is 74.6 cm³/mol. The van der Waals surface area contributed by atoms with Crippen LogP contribution in [0, 0.1) is 5.41 Å². The first-order chi connectivity index (χ1) is 9.10. The van der Waals surface area contributed by atoms with Gasteiger partial charge in [0.15, 0.2) is 5.96 Å². The number of hydrogen-bond donors (Lipinski definition) is 5. The molecule has 6 N–H and O–H groups in total. The number of aliphatic carboxylic acids is 1. The molecule has 0 bridgehead atoms. The van der Waals surface area contributed by atoms with Gasteiger partial charge in [0.1, 0.15) is 5.60 Å². The molecular weight excluding hydrogens is 264 g/mol. The third-order valence-electron chi connectivity index (χ3n) is 2.19. The van der Waals surface area contributed by atoms with Crippen LogP contribution in [-0.4, -0.2) is 41.3 Å². The number of carbonyl (C=O) groups excluding carboxylic acids is 1. The molecule has 0 saturated carbocycles. The van der Waals surface area contributed by atoms with Crippen molar-refractivity contribution >= 4 is 18.0 Å². The highest BCUT2D eigenvalue weighted by molar-refractivity contribution is 5.74. The van der Waals surface area contributed by atoms with E-state index < -0.39 is 23.7 Å². The molecule has 0 aliphatic carbocycles. The number of ether oxygens (including phenoxy) is 1. The number of carbonyl (C=O) groups is 2. The number of amides is 1. The molecular formula is C12H24N4O4. The molecule has 8 heteroatoms. The Labute approximate surface area is 118 Å². The van der Waals surface area contributed by atoms with Gasteiger partial charge in [-0.25, -0.2) is 4.79 Å². The summed E-state index contributed by atoms with van der Waals surface area (Å²) in [6.07, 6.45) is 0.210. The number of rotatable bonds is 7. The lowest BCUT2D eigenvalue weighted by molar-refractivity contribution is -0.137. The summed E-state index contributed by atoms with van der Waals surface area (Å²) in [4.78, 5) is 22.4. The monoisotopic (exact) mass is 288 g/mol. The van der Waals surface area contributed by atoms with Crippen LogP contribution >= 0.6 is 0 Å². The third kappa shape index (κ3) is 11.1. The van der Waals surface area contributed by atoms with Crippen LogP contribution in [0.2, 0.25) is 0 Å². The van der Waals surface area contributed by atoms with E-state index in [9.17, 15) is 9.59 Å². The lowest BCUT2D eigenvalue weighted by atomic mass is 10.1. The smallest absolute Gasteiger partial charge is 0.407 e. The number of nitrogens with one attached hydrogen (secondary N) is 3. The highest BCUT2D eigenvalue weighted by atomic mass is 16.6. The number of nitrogens with two attached hydrogens (primary N) is 1. The molecule has 20 heavy (non-hydrogen) atoms. The lowest BCUT2D eigenvalue weighted by Gasteiger charge is -2.23. The number of hydrogen-bond acceptors (Lipinski definition) is 4. The second kappa shape index (κ2) is 8.23. The number of guanidine groups is 1. The maximum Gasteiger partial charge on any atom is 0.407 e. The molecule has 0 aromatic carbocycles. The van der Waals surface area contributed by atoms with Crippen molar-refractivity contribution in [3.8, 4) is 0 Å². The molecule has 0 radical (unpaired) electrons. The van der Waals surface area contributed by atoms with E-state index in [1.54, 1.807) is 20.8 Å². The second-order valence-electron chi connectivity index (χ2n) is 5.42. The molecule has 1 atom stereocenters. The standard InChI is InChI=1S/C12H24N4O4/c1-12(2,3)20-11(19)16-8(7-9(17)18)5-4-6-15-10(13)14/h8H,4-7H2,1-3H3,(H,16,19)(H,17,18)(H4,13,14,15)/t8-/m0/s1. The van der Waals surface area contributed by atoms with Gasteiger partial charge in [0.25, 0.3) is 0 Å². The van der Waals surface area contributed by atoms with E-state index in [0.717, 1.165) is 0 Å². The van der Waals surface area contributed by atoms with E-state index >= 15 is 0 Å². The zero-order chi connectivity index (χ0) is 15.8. The van der Waals surface area contributed by atoms with Gasteiger partial charge < -0.3 is 26.2 Å². The lowest BCUT2D eigenvalue weighted by Crippen LogP contribution is -2.40. The Morgan fingerprint density at radius 3 is 2.45 bits per heavy atom. The molecule has 0 aromatic rings. The Morgan fingerprint density at radius 1 is 1.40 bits per heavy atom. The largest absolute Gasteiger partial charge is 0.481 e. The zero-order valence-corrected chi connectivity index (χ0v) is 12.2. The molecule has 0 saturated heterocycles. The molecule has 0 unspecified atom stereocenters. The van der Waals surface area contributed by atoms with Crippen LogP contribution in [0.25, 0.3) is 0 Å². The van der Waals surface area contributed by atoms with Gasteiger partial charge >= 0.3 is 12.1 Å². The summed E-state index contributed by atoms with van der Waals surface area (Å²) in [7, 11) is 0. The van der Waals surface area contributed by atoms with Crippen molar-refractivity contribution < 1.29 is 19.4 Å². The van der Waals surface area contributed by atoms with Gasteiger partial charge in [-0.1, -0.05) is 0 Å². The summed E-state index contributed by atoms with van der Waals surface area (Å²) in [5.41, 5.74) is 4.50. The molecule has 0 heterocycles. The molecule has 8 nitrogen and oxygen atoms in total. The van der Waals surface area contributed by atoms with Crippen molar-refractivity contribution in [1.29, 1.82) is 5.41 Å². The average molecular weight is 288 g/mol. The normalized spacial score (nSPS) is 12.3. The van der Waals surface area contributed by atoms with Crippen LogP contribution in [0.3, 0.4) is 0 Å². The van der Waals surface area contributed by atoms with Crippen LogP contribution in [0.4, 0.5) is 4.79 Å². The summed E-state index contributed by atoms with van der Waals surface area (Å²) in [6, 6.07) is -0.517. The molecule has 0 aromatic heterocycles. The van der Waals surface area contributed by atoms with Crippen molar-refractivity contribution in [2.75, 3.05) is 6.54 Å². The maximum atomic E-state index is 11.6. The Kier molecular flexibility index (Phi) is 7.42. The van der Waals surface area contributed by atoms with Gasteiger partial charge in [0.2, 0.25) is 0 Å². The van der Waals surface area contributed by atoms with Crippen molar-refractivity contribution in [2.24, 2.45) is 5.73 Å². The summed E-state index contributed by atoms with van der Waals surface area (Å²) >= 11 is 0. The number of carboxylic acid groups (broad SMARTS) is 1. The quantitative estimate of drug-likeness (QED) is 0.264. The minimum absolute atomic E-state index is 0.139. The van der Waals surface area contributed by atoms with Crippen molar-refractivity contribution in [1.82, 2.24) is 10.6 Å². The van der Waals surface area contributed by atoms with Crippen LogP contribution < -0.4 is 16.4 Å². The van der Waals surface area contributed by atoms with Gasteiger partial charge in [-0.2, -0.15) is 0 Å². The fourth-order valence-corrected chi connectivity index (χ4v) is 1.48. The fourth-order valence-electron chi connectivity index (χ4n) is 1.48. The highest BCUT2D eigenvalue weighted by Crippen LogP contribution is 2.08. The topological polar surface area (TPSA) is 138 Å². The van der Waals surface area contributed by atoms with E-state index in [4.69, 9.17) is 21.0 Å². The first-order valence-electron chi connectivity index (χ1n) is 6.39. The highest BCUT2D eigenvalue weighted by Gasteiger charge is 2.20. The molecule has 1 amide bonds. The van der Waals surface area contributed by atoms with Crippen LogP contribution in [0.1, 0.15) is 40.0 Å². The van der Waals surface area contributed by atoms with Crippen LogP contribution in [0.5, 0.6) is 0 Å². The zero-order valence-electron chi connectivity index (χ0n) is 12.2. The van der Waals surface area contributed by atoms with E-state index in [-0.39, 0.29) is 12.4 Å². The average Bonchev–Trinajstić information content (AvgIpc) is 2.19. The summed E-state index contributed by atoms with van der Waals surface area (Å²) in [5, 5.41) is 21.0. The van der Waals surface area contributed by atoms with Gasteiger partial charge in [0.05, 0.1) is 6.42 Å². The Balaban J connectivity index is 4.23. The van der Waals surface area contributed by atoms with Gasteiger partial charge in [-0.05, 0) is 33.6 Å². The van der Waals surface area contributed by atoms with E-state index in [2.05, 4.69) is 10.6 Å². The van der Waals surface area contributed by atoms with Gasteiger partial charge in [0, 0.05) is 12.6 Å². The minimum Gasteiger partial charge on any atom is -0.481 e. The predicted octanol–water partition coefficient (Wildman–Crippen LogP) is 0.618. The molecule has 116 valence electrons. The molecule has 0 spiro atoms. The first-order valence-corrected chi connectivity index (χ1v) is 6.39. The van der Waals surface area contributed by atoms with E-state index in [0.29, 0.717) is 19.4 Å². The third-order valence-corrected chi connectivity index (χ3v) is 2.19. The second-order valence-corrected chi connectivity index (χ2v) is 5.42. The number of carboxylic acids is 1. The molecule has 0 aliphatic rings. The molecule has 0 rings (SSSR count). The van der Waals surface area contributed by atoms with Crippen molar-refractivity contribution in [2.45, 2.75) is 51.7 Å². The maximum absolute atomic E-state index is 11.6. The van der Waals surface area contributed by atoms with Gasteiger partial charge in [-0.15, -0.1) is 0 Å². The first kappa shape index (κ1) is 18.0. The van der Waals surface area contributed by atoms with E-state index in [1.165, 1.54) is 0 Å². The number of alkyl carbamates (subject to hydrolysis) is 1. The molecule has 0 fully saturated rings. The SMILES string of the molecule is CC(C)(C)OC(=O)N[C@@H](CCCNC(=N)N)CC(=O)O.